The Labute approximate surface area is 117 Å². The highest BCUT2D eigenvalue weighted by Gasteiger charge is 2.31. The maximum Gasteiger partial charge on any atom is 0.339 e. The smallest absolute Gasteiger partial charge is 0.339 e. The summed E-state index contributed by atoms with van der Waals surface area (Å²) < 4.78 is 0. The molecule has 0 aromatic carbocycles. The lowest BCUT2D eigenvalue weighted by atomic mass is 10.2. The molecule has 0 amide bonds. The Morgan fingerprint density at radius 1 is 1.26 bits per heavy atom. The molecule has 2 aliphatic rings. The average molecular weight is 281 g/mol. The van der Waals surface area contributed by atoms with Crippen LogP contribution in [0.1, 0.15) is 36.0 Å². The van der Waals surface area contributed by atoms with Crippen molar-refractivity contribution in [3.8, 4) is 0 Å². The van der Waals surface area contributed by atoms with Crippen molar-refractivity contribution in [1.82, 2.24) is 4.98 Å². The second-order valence-electron chi connectivity index (χ2n) is 5.60. The number of rotatable bonds is 6. The zero-order valence-corrected chi connectivity index (χ0v) is 11.4. The van der Waals surface area contributed by atoms with Crippen molar-refractivity contribution < 1.29 is 9.90 Å². The lowest BCUT2D eigenvalue weighted by Crippen LogP contribution is -2.30. The van der Waals surface area contributed by atoms with E-state index in [0.29, 0.717) is 22.8 Å². The van der Waals surface area contributed by atoms with Crippen molar-refractivity contribution in [2.75, 3.05) is 18.0 Å². The largest absolute Gasteiger partial charge is 0.478 e. The highest BCUT2D eigenvalue weighted by molar-refractivity contribution is 6.29. The highest BCUT2D eigenvalue weighted by atomic mass is 35.5. The van der Waals surface area contributed by atoms with E-state index in [1.165, 1.54) is 25.7 Å². The van der Waals surface area contributed by atoms with Crippen LogP contribution in [0.2, 0.25) is 5.15 Å². The molecule has 4 nitrogen and oxygen atoms in total. The second-order valence-corrected chi connectivity index (χ2v) is 5.99. The number of nitrogens with zero attached hydrogens (tertiary/aromatic N) is 2. The molecule has 0 spiro atoms. The van der Waals surface area contributed by atoms with Crippen molar-refractivity contribution in [2.45, 2.75) is 25.7 Å². The number of carboxylic acids is 1. The molecule has 2 saturated carbocycles. The van der Waals surface area contributed by atoms with E-state index in [9.17, 15) is 9.90 Å². The van der Waals surface area contributed by atoms with Gasteiger partial charge in [-0.3, -0.25) is 0 Å². The average Bonchev–Trinajstić information content (AvgIpc) is 3.22. The van der Waals surface area contributed by atoms with Gasteiger partial charge < -0.3 is 10.0 Å². The van der Waals surface area contributed by atoms with Gasteiger partial charge in [0.1, 0.15) is 16.5 Å². The summed E-state index contributed by atoms with van der Waals surface area (Å²) in [5, 5.41) is 9.65. The monoisotopic (exact) mass is 280 g/mol. The number of anilines is 1. The topological polar surface area (TPSA) is 53.4 Å². The third-order valence-electron chi connectivity index (χ3n) is 3.72. The van der Waals surface area contributed by atoms with Crippen LogP contribution >= 0.6 is 11.6 Å². The van der Waals surface area contributed by atoms with Gasteiger partial charge in [-0.25, -0.2) is 9.78 Å². The predicted molar refractivity (Wildman–Crippen MR) is 73.9 cm³/mol. The first-order chi connectivity index (χ1) is 9.13. The Bertz CT molecular complexity index is 484. The van der Waals surface area contributed by atoms with E-state index in [-0.39, 0.29) is 5.56 Å². The van der Waals surface area contributed by atoms with Gasteiger partial charge in [0.05, 0.1) is 0 Å². The zero-order chi connectivity index (χ0) is 13.4. The van der Waals surface area contributed by atoms with E-state index < -0.39 is 5.97 Å². The molecule has 1 aromatic rings. The quantitative estimate of drug-likeness (QED) is 0.814. The fourth-order valence-electron chi connectivity index (χ4n) is 2.30. The van der Waals surface area contributed by atoms with Gasteiger partial charge in [-0.1, -0.05) is 11.6 Å². The third-order valence-corrected chi connectivity index (χ3v) is 3.93. The fraction of sp³-hybridized carbons (Fsp3) is 0.571. The number of hydrogen-bond acceptors (Lipinski definition) is 3. The molecule has 2 aliphatic carbocycles. The number of hydrogen-bond donors (Lipinski definition) is 1. The molecule has 0 bridgehead atoms. The molecule has 3 rings (SSSR count). The van der Waals surface area contributed by atoms with Gasteiger partial charge in [0.15, 0.2) is 0 Å². The minimum absolute atomic E-state index is 0.255. The molecule has 102 valence electrons. The minimum Gasteiger partial charge on any atom is -0.478 e. The molecule has 0 saturated heterocycles. The van der Waals surface area contributed by atoms with Crippen molar-refractivity contribution in [2.24, 2.45) is 11.8 Å². The summed E-state index contributed by atoms with van der Waals surface area (Å²) in [4.78, 5) is 17.7. The van der Waals surface area contributed by atoms with E-state index in [2.05, 4.69) is 9.88 Å². The number of carbonyl (C=O) groups is 1. The normalized spacial score (nSPS) is 18.4. The van der Waals surface area contributed by atoms with Gasteiger partial charge in [0, 0.05) is 13.1 Å². The molecular formula is C14H17ClN2O2. The molecule has 19 heavy (non-hydrogen) atoms. The van der Waals surface area contributed by atoms with Crippen molar-refractivity contribution in [1.29, 1.82) is 0 Å². The number of aromatic nitrogens is 1. The summed E-state index contributed by atoms with van der Waals surface area (Å²) in [5.41, 5.74) is 0.255. The first-order valence-corrected chi connectivity index (χ1v) is 7.16. The van der Waals surface area contributed by atoms with Gasteiger partial charge in [-0.05, 0) is 49.7 Å². The molecule has 5 heteroatoms. The van der Waals surface area contributed by atoms with Crippen LogP contribution in [-0.4, -0.2) is 29.1 Å². The molecule has 1 N–H and O–H groups in total. The third kappa shape index (κ3) is 3.18. The van der Waals surface area contributed by atoms with Gasteiger partial charge >= 0.3 is 5.97 Å². The fourth-order valence-corrected chi connectivity index (χ4v) is 2.45. The molecule has 1 heterocycles. The number of aromatic carboxylic acids is 1. The maximum atomic E-state index is 11.3. The number of carboxylic acid groups (broad SMARTS) is 1. The summed E-state index contributed by atoms with van der Waals surface area (Å²) in [6, 6.07) is 3.10. The van der Waals surface area contributed by atoms with Gasteiger partial charge in [-0.2, -0.15) is 0 Å². The van der Waals surface area contributed by atoms with Crippen LogP contribution in [0.25, 0.3) is 0 Å². The van der Waals surface area contributed by atoms with Crippen LogP contribution < -0.4 is 4.90 Å². The predicted octanol–water partition coefficient (Wildman–Crippen LogP) is 3.06. The van der Waals surface area contributed by atoms with Gasteiger partial charge in [-0.15, -0.1) is 0 Å². The Morgan fingerprint density at radius 2 is 1.84 bits per heavy atom. The second kappa shape index (κ2) is 5.00. The SMILES string of the molecule is O=C(O)c1ccc(Cl)nc1N(CC1CC1)CC1CC1. The highest BCUT2D eigenvalue weighted by Crippen LogP contribution is 2.36. The summed E-state index contributed by atoms with van der Waals surface area (Å²) >= 11 is 5.94. The lowest BCUT2D eigenvalue weighted by molar-refractivity contribution is 0.0697. The summed E-state index contributed by atoms with van der Waals surface area (Å²) in [6.45, 7) is 1.81. The summed E-state index contributed by atoms with van der Waals surface area (Å²) in [5.74, 6) is 0.997. The van der Waals surface area contributed by atoms with Gasteiger partial charge in [0.25, 0.3) is 0 Å². The van der Waals surface area contributed by atoms with Crippen molar-refractivity contribution in [3.05, 3.63) is 22.8 Å². The van der Waals surface area contributed by atoms with Crippen LogP contribution in [0.3, 0.4) is 0 Å². The Balaban J connectivity index is 1.89. The summed E-state index contributed by atoms with van der Waals surface area (Å²) in [6.07, 6.45) is 4.96. The van der Waals surface area contributed by atoms with Gasteiger partial charge in [0.2, 0.25) is 0 Å². The van der Waals surface area contributed by atoms with Crippen LogP contribution in [0.5, 0.6) is 0 Å². The molecule has 1 aromatic heterocycles. The van der Waals surface area contributed by atoms with E-state index in [1.54, 1.807) is 12.1 Å². The van der Waals surface area contributed by atoms with E-state index in [0.717, 1.165) is 13.1 Å². The Morgan fingerprint density at radius 3 is 2.32 bits per heavy atom. The molecule has 0 unspecified atom stereocenters. The molecule has 0 radical (unpaired) electrons. The lowest BCUT2D eigenvalue weighted by Gasteiger charge is -2.25. The first kappa shape index (κ1) is 12.7. The molecule has 0 atom stereocenters. The molecule has 2 fully saturated rings. The van der Waals surface area contributed by atoms with E-state index >= 15 is 0 Å². The standard InChI is InChI=1S/C14H17ClN2O2/c15-12-6-5-11(14(18)19)13(16-12)17(7-9-1-2-9)8-10-3-4-10/h5-6,9-10H,1-4,7-8H2,(H,18,19). The maximum absolute atomic E-state index is 11.3. The minimum atomic E-state index is -0.934. The van der Waals surface area contributed by atoms with Crippen LogP contribution in [0.4, 0.5) is 5.82 Å². The van der Waals surface area contributed by atoms with E-state index in [1.807, 2.05) is 0 Å². The molecule has 0 aliphatic heterocycles. The van der Waals surface area contributed by atoms with Crippen LogP contribution in [-0.2, 0) is 0 Å². The number of halogens is 1. The van der Waals surface area contributed by atoms with Crippen molar-refractivity contribution in [3.63, 3.8) is 0 Å². The van der Waals surface area contributed by atoms with Crippen LogP contribution in [0.15, 0.2) is 12.1 Å². The molecular weight excluding hydrogens is 264 g/mol. The summed E-state index contributed by atoms with van der Waals surface area (Å²) in [7, 11) is 0. The number of pyridine rings is 1. The zero-order valence-electron chi connectivity index (χ0n) is 10.7. The van der Waals surface area contributed by atoms with E-state index in [4.69, 9.17) is 11.6 Å². The first-order valence-electron chi connectivity index (χ1n) is 6.78. The van der Waals surface area contributed by atoms with Crippen LogP contribution in [0, 0.1) is 11.8 Å². The van der Waals surface area contributed by atoms with Crippen molar-refractivity contribution >= 4 is 23.4 Å². The Hall–Kier alpha value is -1.29. The Kier molecular flexibility index (Phi) is 3.35.